The number of amides is 2. The van der Waals surface area contributed by atoms with Crippen molar-refractivity contribution >= 4 is 6.03 Å². The van der Waals surface area contributed by atoms with Crippen molar-refractivity contribution in [2.45, 2.75) is 26.3 Å². The summed E-state index contributed by atoms with van der Waals surface area (Å²) in [6.07, 6.45) is 4.45. The van der Waals surface area contributed by atoms with E-state index in [4.69, 9.17) is 5.11 Å². The zero-order chi connectivity index (χ0) is 16.8. The number of nitrogens with one attached hydrogen (secondary N) is 1. The maximum absolute atomic E-state index is 12.6. The van der Waals surface area contributed by atoms with E-state index in [2.05, 4.69) is 29.0 Å². The van der Waals surface area contributed by atoms with Crippen LogP contribution in [0.2, 0.25) is 0 Å². The Kier molecular flexibility index (Phi) is 6.41. The van der Waals surface area contributed by atoms with E-state index in [0.717, 1.165) is 45.0 Å². The second-order valence-electron chi connectivity index (χ2n) is 6.47. The van der Waals surface area contributed by atoms with Gasteiger partial charge in [-0.2, -0.15) is 0 Å². The van der Waals surface area contributed by atoms with Gasteiger partial charge in [-0.05, 0) is 12.3 Å². The molecule has 7 heteroatoms. The second kappa shape index (κ2) is 8.31. The van der Waals surface area contributed by atoms with Gasteiger partial charge in [-0.25, -0.2) is 9.78 Å². The van der Waals surface area contributed by atoms with Gasteiger partial charge in [-0.1, -0.05) is 13.8 Å². The number of imidazole rings is 1. The Hall–Kier alpha value is -1.60. The van der Waals surface area contributed by atoms with Crippen LogP contribution in [0.25, 0.3) is 0 Å². The third-order valence-corrected chi connectivity index (χ3v) is 4.37. The minimum Gasteiger partial charge on any atom is -0.396 e. The third-order valence-electron chi connectivity index (χ3n) is 4.37. The molecule has 23 heavy (non-hydrogen) atoms. The number of aliphatic hydroxyl groups excluding tert-OH is 1. The van der Waals surface area contributed by atoms with Crippen LogP contribution in [0.5, 0.6) is 0 Å². The fourth-order valence-corrected chi connectivity index (χ4v) is 2.90. The van der Waals surface area contributed by atoms with Crippen LogP contribution in [0.3, 0.4) is 0 Å². The summed E-state index contributed by atoms with van der Waals surface area (Å²) in [5, 5.41) is 12.0. The number of carbonyl (C=O) groups is 1. The molecule has 1 saturated heterocycles. The standard InChI is InChI=1S/C16H29N5O2/c1-13(2)14(15-17-5-7-19(15)3)18-16(23)21-10-8-20(9-11-21)6-4-12-22/h5,7,13-14,22H,4,6,8-12H2,1-3H3,(H,18,23). The minimum atomic E-state index is -0.0880. The van der Waals surface area contributed by atoms with Gasteiger partial charge in [0, 0.05) is 58.8 Å². The molecule has 0 radical (unpaired) electrons. The maximum Gasteiger partial charge on any atom is 0.318 e. The number of aromatic nitrogens is 2. The smallest absolute Gasteiger partial charge is 0.318 e. The maximum atomic E-state index is 12.6. The van der Waals surface area contributed by atoms with Crippen molar-refractivity contribution in [1.82, 2.24) is 24.7 Å². The number of hydrogen-bond donors (Lipinski definition) is 2. The van der Waals surface area contributed by atoms with Crippen molar-refractivity contribution < 1.29 is 9.90 Å². The minimum absolute atomic E-state index is 0.0199. The highest BCUT2D eigenvalue weighted by molar-refractivity contribution is 5.74. The zero-order valence-corrected chi connectivity index (χ0v) is 14.4. The van der Waals surface area contributed by atoms with Crippen LogP contribution in [-0.4, -0.2) is 69.8 Å². The van der Waals surface area contributed by atoms with E-state index < -0.39 is 0 Å². The molecular weight excluding hydrogens is 294 g/mol. The van der Waals surface area contributed by atoms with E-state index in [-0.39, 0.29) is 24.6 Å². The number of carbonyl (C=O) groups excluding carboxylic acids is 1. The molecule has 2 amide bonds. The van der Waals surface area contributed by atoms with Gasteiger partial charge in [0.2, 0.25) is 0 Å². The number of urea groups is 1. The summed E-state index contributed by atoms with van der Waals surface area (Å²) in [4.78, 5) is 21.1. The highest BCUT2D eigenvalue weighted by Crippen LogP contribution is 2.20. The predicted molar refractivity (Wildman–Crippen MR) is 89.0 cm³/mol. The summed E-state index contributed by atoms with van der Waals surface area (Å²) in [7, 11) is 1.95. The first-order chi connectivity index (χ1) is 11.0. The van der Waals surface area contributed by atoms with Crippen LogP contribution in [0.1, 0.15) is 32.1 Å². The molecule has 1 aliphatic heterocycles. The molecule has 0 aliphatic carbocycles. The third kappa shape index (κ3) is 4.68. The SMILES string of the molecule is CC(C)C(NC(=O)N1CCN(CCCO)CC1)c1nccn1C. The average molecular weight is 323 g/mol. The van der Waals surface area contributed by atoms with Crippen molar-refractivity contribution in [1.29, 1.82) is 0 Å². The molecule has 1 aromatic rings. The van der Waals surface area contributed by atoms with Crippen LogP contribution in [0.4, 0.5) is 4.79 Å². The molecule has 1 aliphatic rings. The molecule has 130 valence electrons. The van der Waals surface area contributed by atoms with Gasteiger partial charge < -0.3 is 19.9 Å². The van der Waals surface area contributed by atoms with E-state index in [9.17, 15) is 4.79 Å². The Balaban J connectivity index is 1.89. The first kappa shape index (κ1) is 17.7. The Bertz CT molecular complexity index is 494. The number of hydrogen-bond acceptors (Lipinski definition) is 4. The lowest BCUT2D eigenvalue weighted by Crippen LogP contribution is -2.53. The van der Waals surface area contributed by atoms with Gasteiger partial charge in [-0.15, -0.1) is 0 Å². The molecular formula is C16H29N5O2. The van der Waals surface area contributed by atoms with Crippen molar-refractivity contribution in [3.63, 3.8) is 0 Å². The molecule has 1 aromatic heterocycles. The molecule has 0 saturated carbocycles. The summed E-state index contributed by atoms with van der Waals surface area (Å²) >= 11 is 0. The first-order valence-electron chi connectivity index (χ1n) is 8.38. The number of aliphatic hydroxyl groups is 1. The zero-order valence-electron chi connectivity index (χ0n) is 14.4. The van der Waals surface area contributed by atoms with Gasteiger partial charge in [-0.3, -0.25) is 4.90 Å². The quantitative estimate of drug-likeness (QED) is 0.813. The van der Waals surface area contributed by atoms with E-state index in [0.29, 0.717) is 0 Å². The molecule has 2 N–H and O–H groups in total. The summed E-state index contributed by atoms with van der Waals surface area (Å²) in [6, 6.07) is -0.108. The fraction of sp³-hybridized carbons (Fsp3) is 0.750. The molecule has 1 fully saturated rings. The summed E-state index contributed by atoms with van der Waals surface area (Å²) in [6.45, 7) is 8.48. The summed E-state index contributed by atoms with van der Waals surface area (Å²) < 4.78 is 1.96. The van der Waals surface area contributed by atoms with Gasteiger partial charge in [0.05, 0.1) is 6.04 Å². The van der Waals surface area contributed by atoms with Crippen molar-refractivity contribution in [3.8, 4) is 0 Å². The van der Waals surface area contributed by atoms with E-state index >= 15 is 0 Å². The van der Waals surface area contributed by atoms with Crippen LogP contribution in [-0.2, 0) is 7.05 Å². The van der Waals surface area contributed by atoms with Crippen molar-refractivity contribution in [2.24, 2.45) is 13.0 Å². The van der Waals surface area contributed by atoms with Gasteiger partial charge in [0.25, 0.3) is 0 Å². The molecule has 2 heterocycles. The topological polar surface area (TPSA) is 73.6 Å². The molecule has 2 rings (SSSR count). The monoisotopic (exact) mass is 323 g/mol. The second-order valence-corrected chi connectivity index (χ2v) is 6.47. The van der Waals surface area contributed by atoms with Crippen LogP contribution < -0.4 is 5.32 Å². The van der Waals surface area contributed by atoms with E-state index in [1.165, 1.54) is 0 Å². The summed E-state index contributed by atoms with van der Waals surface area (Å²) in [5.74, 6) is 1.15. The lowest BCUT2D eigenvalue weighted by Gasteiger charge is -2.35. The van der Waals surface area contributed by atoms with Crippen molar-refractivity contribution in [3.05, 3.63) is 18.2 Å². The van der Waals surface area contributed by atoms with E-state index in [1.54, 1.807) is 6.20 Å². The lowest BCUT2D eigenvalue weighted by atomic mass is 10.0. The normalized spacial score (nSPS) is 17.5. The highest BCUT2D eigenvalue weighted by Gasteiger charge is 2.26. The largest absolute Gasteiger partial charge is 0.396 e. The predicted octanol–water partition coefficient (Wildman–Crippen LogP) is 0.827. The van der Waals surface area contributed by atoms with Crippen LogP contribution >= 0.6 is 0 Å². The van der Waals surface area contributed by atoms with Crippen LogP contribution in [0, 0.1) is 5.92 Å². The van der Waals surface area contributed by atoms with Gasteiger partial charge in [0.1, 0.15) is 5.82 Å². The number of rotatable bonds is 6. The van der Waals surface area contributed by atoms with E-state index in [1.807, 2.05) is 22.7 Å². The molecule has 1 atom stereocenters. The molecule has 0 aromatic carbocycles. The van der Waals surface area contributed by atoms with Gasteiger partial charge in [0.15, 0.2) is 0 Å². The number of nitrogens with zero attached hydrogens (tertiary/aromatic N) is 4. The van der Waals surface area contributed by atoms with Gasteiger partial charge >= 0.3 is 6.03 Å². The number of piperazine rings is 1. The lowest BCUT2D eigenvalue weighted by molar-refractivity contribution is 0.129. The Morgan fingerprint density at radius 3 is 2.57 bits per heavy atom. The molecule has 0 bridgehead atoms. The highest BCUT2D eigenvalue weighted by atomic mass is 16.3. The molecule has 0 spiro atoms. The fourth-order valence-electron chi connectivity index (χ4n) is 2.90. The average Bonchev–Trinajstić information content (AvgIpc) is 2.96. The summed E-state index contributed by atoms with van der Waals surface area (Å²) in [5.41, 5.74) is 0. The number of aryl methyl sites for hydroxylation is 1. The Morgan fingerprint density at radius 1 is 1.35 bits per heavy atom. The molecule has 1 unspecified atom stereocenters. The Labute approximate surface area is 138 Å². The van der Waals surface area contributed by atoms with Crippen molar-refractivity contribution in [2.75, 3.05) is 39.3 Å². The van der Waals surface area contributed by atoms with Crippen LogP contribution in [0.15, 0.2) is 12.4 Å². The molecule has 7 nitrogen and oxygen atoms in total. The Morgan fingerprint density at radius 2 is 2.04 bits per heavy atom. The first-order valence-corrected chi connectivity index (χ1v) is 8.38.